The van der Waals surface area contributed by atoms with E-state index in [4.69, 9.17) is 10.00 Å². The van der Waals surface area contributed by atoms with E-state index in [9.17, 15) is 4.79 Å². The molecule has 0 N–H and O–H groups in total. The van der Waals surface area contributed by atoms with Gasteiger partial charge in [-0.25, -0.2) is 0 Å². The second-order valence-electron chi connectivity index (χ2n) is 5.84. The monoisotopic (exact) mass is 301 g/mol. The minimum absolute atomic E-state index is 0.166. The van der Waals surface area contributed by atoms with Crippen LogP contribution in [0.4, 0.5) is 0 Å². The molecule has 1 aliphatic heterocycles. The number of hydrogen-bond acceptors (Lipinski definition) is 4. The molecular formula is C17H23N3O2. The molecule has 0 bridgehead atoms. The Kier molecular flexibility index (Phi) is 5.79. The highest BCUT2D eigenvalue weighted by atomic mass is 16.5. The van der Waals surface area contributed by atoms with Crippen LogP contribution in [0.25, 0.3) is 0 Å². The van der Waals surface area contributed by atoms with Crippen molar-refractivity contribution < 1.29 is 9.53 Å². The molecule has 118 valence electrons. The maximum atomic E-state index is 11.9. The van der Waals surface area contributed by atoms with Gasteiger partial charge in [0.25, 0.3) is 0 Å². The summed E-state index contributed by atoms with van der Waals surface area (Å²) in [4.78, 5) is 15.9. The molecule has 0 unspecified atom stereocenters. The van der Waals surface area contributed by atoms with Crippen molar-refractivity contribution in [3.8, 4) is 11.8 Å². The van der Waals surface area contributed by atoms with E-state index in [0.717, 1.165) is 38.2 Å². The average molecular weight is 301 g/mol. The fourth-order valence-electron chi connectivity index (χ4n) is 2.72. The van der Waals surface area contributed by atoms with Crippen molar-refractivity contribution in [3.05, 3.63) is 29.8 Å². The lowest BCUT2D eigenvalue weighted by molar-refractivity contribution is -0.134. The van der Waals surface area contributed by atoms with Crippen LogP contribution in [-0.4, -0.2) is 56.0 Å². The van der Waals surface area contributed by atoms with E-state index in [0.29, 0.717) is 12.2 Å². The maximum Gasteiger partial charge on any atom is 0.225 e. The van der Waals surface area contributed by atoms with Crippen molar-refractivity contribution in [1.82, 2.24) is 9.80 Å². The van der Waals surface area contributed by atoms with E-state index < -0.39 is 0 Å². The van der Waals surface area contributed by atoms with Crippen molar-refractivity contribution >= 4 is 5.91 Å². The molecule has 1 aromatic rings. The van der Waals surface area contributed by atoms with E-state index in [1.165, 1.54) is 0 Å². The Hall–Kier alpha value is -2.06. The van der Waals surface area contributed by atoms with Gasteiger partial charge in [-0.3, -0.25) is 9.69 Å². The summed E-state index contributed by atoms with van der Waals surface area (Å²) >= 11 is 0. The van der Waals surface area contributed by atoms with E-state index >= 15 is 0 Å². The molecule has 0 radical (unpaired) electrons. The third kappa shape index (κ3) is 4.47. The Morgan fingerprint density at radius 2 is 2.14 bits per heavy atom. The lowest BCUT2D eigenvalue weighted by atomic mass is 9.95. The predicted octanol–water partition coefficient (Wildman–Crippen LogP) is 1.74. The third-order valence-corrected chi connectivity index (χ3v) is 4.02. The van der Waals surface area contributed by atoms with Crippen LogP contribution in [-0.2, 0) is 4.79 Å². The summed E-state index contributed by atoms with van der Waals surface area (Å²) in [6.45, 7) is 3.32. The molecule has 5 heteroatoms. The number of amides is 1. The largest absolute Gasteiger partial charge is 0.492 e. The molecule has 1 heterocycles. The van der Waals surface area contributed by atoms with Crippen molar-refractivity contribution in [1.29, 1.82) is 5.26 Å². The molecule has 0 aromatic heterocycles. The van der Waals surface area contributed by atoms with Crippen LogP contribution in [0.2, 0.25) is 0 Å². The summed E-state index contributed by atoms with van der Waals surface area (Å²) in [5.41, 5.74) is 0.612. The number of rotatable bonds is 5. The van der Waals surface area contributed by atoms with Crippen LogP contribution in [0, 0.1) is 17.2 Å². The van der Waals surface area contributed by atoms with Gasteiger partial charge in [0.2, 0.25) is 5.91 Å². The van der Waals surface area contributed by atoms with Gasteiger partial charge in [-0.15, -0.1) is 0 Å². The zero-order valence-electron chi connectivity index (χ0n) is 13.3. The van der Waals surface area contributed by atoms with E-state index in [2.05, 4.69) is 11.0 Å². The zero-order valence-corrected chi connectivity index (χ0v) is 13.3. The minimum Gasteiger partial charge on any atom is -0.492 e. The molecule has 2 rings (SSSR count). The Balaban J connectivity index is 1.71. The van der Waals surface area contributed by atoms with Crippen molar-refractivity contribution in [2.24, 2.45) is 5.92 Å². The number of ether oxygens (including phenoxy) is 1. The van der Waals surface area contributed by atoms with Crippen LogP contribution >= 0.6 is 0 Å². The average Bonchev–Trinajstić information content (AvgIpc) is 2.55. The highest BCUT2D eigenvalue weighted by molar-refractivity contribution is 5.78. The maximum absolute atomic E-state index is 11.9. The number of benzene rings is 1. The Morgan fingerprint density at radius 3 is 2.77 bits per heavy atom. The molecule has 1 saturated heterocycles. The van der Waals surface area contributed by atoms with Crippen LogP contribution in [0.15, 0.2) is 24.3 Å². The minimum atomic E-state index is 0.166. The fraction of sp³-hybridized carbons (Fsp3) is 0.529. The molecule has 0 aliphatic carbocycles. The summed E-state index contributed by atoms with van der Waals surface area (Å²) < 4.78 is 5.70. The van der Waals surface area contributed by atoms with Crippen molar-refractivity contribution in [2.45, 2.75) is 12.8 Å². The van der Waals surface area contributed by atoms with Crippen LogP contribution < -0.4 is 4.74 Å². The van der Waals surface area contributed by atoms with Crippen LogP contribution in [0.1, 0.15) is 18.4 Å². The van der Waals surface area contributed by atoms with Gasteiger partial charge in [0.15, 0.2) is 0 Å². The van der Waals surface area contributed by atoms with E-state index in [-0.39, 0.29) is 11.8 Å². The summed E-state index contributed by atoms with van der Waals surface area (Å²) in [5.74, 6) is 1.14. The Bertz CT molecular complexity index is 543. The number of nitrogens with zero attached hydrogens (tertiary/aromatic N) is 3. The Morgan fingerprint density at radius 1 is 1.41 bits per heavy atom. The van der Waals surface area contributed by atoms with Gasteiger partial charge in [0, 0.05) is 26.6 Å². The van der Waals surface area contributed by atoms with Gasteiger partial charge < -0.3 is 9.64 Å². The topological polar surface area (TPSA) is 56.6 Å². The van der Waals surface area contributed by atoms with Gasteiger partial charge >= 0.3 is 0 Å². The van der Waals surface area contributed by atoms with Crippen LogP contribution in [0.3, 0.4) is 0 Å². The molecule has 1 amide bonds. The standard InChI is InChI=1S/C17H23N3O2/c1-19(2)17(21)15-6-8-20(9-7-15)10-11-22-16-5-3-4-14(12-16)13-18/h3-5,12,15H,6-11H2,1-2H3. The van der Waals surface area contributed by atoms with Gasteiger partial charge in [-0.2, -0.15) is 5.26 Å². The van der Waals surface area contributed by atoms with Gasteiger partial charge in [-0.05, 0) is 44.1 Å². The van der Waals surface area contributed by atoms with Gasteiger partial charge in [0.1, 0.15) is 12.4 Å². The van der Waals surface area contributed by atoms with Gasteiger partial charge in [0.05, 0.1) is 11.6 Å². The zero-order chi connectivity index (χ0) is 15.9. The summed E-state index contributed by atoms with van der Waals surface area (Å²) in [7, 11) is 3.63. The molecule has 1 fully saturated rings. The second kappa shape index (κ2) is 7.81. The number of nitriles is 1. The molecular weight excluding hydrogens is 278 g/mol. The predicted molar refractivity (Wildman–Crippen MR) is 84.5 cm³/mol. The fourth-order valence-corrected chi connectivity index (χ4v) is 2.72. The summed E-state index contributed by atoms with van der Waals surface area (Å²) in [6, 6.07) is 9.31. The molecule has 0 atom stereocenters. The number of piperidine rings is 1. The smallest absolute Gasteiger partial charge is 0.225 e. The lowest BCUT2D eigenvalue weighted by Crippen LogP contribution is -2.41. The highest BCUT2D eigenvalue weighted by Gasteiger charge is 2.25. The summed E-state index contributed by atoms with van der Waals surface area (Å²) in [6.07, 6.45) is 1.84. The van der Waals surface area contributed by atoms with Gasteiger partial charge in [-0.1, -0.05) is 6.07 Å². The number of likely N-dealkylation sites (tertiary alicyclic amines) is 1. The molecule has 0 spiro atoms. The number of carbonyl (C=O) groups is 1. The second-order valence-corrected chi connectivity index (χ2v) is 5.84. The van der Waals surface area contributed by atoms with Crippen molar-refractivity contribution in [3.63, 3.8) is 0 Å². The van der Waals surface area contributed by atoms with Crippen molar-refractivity contribution in [2.75, 3.05) is 40.3 Å². The quantitative estimate of drug-likeness (QED) is 0.831. The molecule has 22 heavy (non-hydrogen) atoms. The summed E-state index contributed by atoms with van der Waals surface area (Å²) in [5, 5.41) is 8.86. The first kappa shape index (κ1) is 16.3. The first-order chi connectivity index (χ1) is 10.6. The first-order valence-corrected chi connectivity index (χ1v) is 7.66. The van der Waals surface area contributed by atoms with E-state index in [1.807, 2.05) is 26.2 Å². The number of hydrogen-bond donors (Lipinski definition) is 0. The molecule has 0 saturated carbocycles. The lowest BCUT2D eigenvalue weighted by Gasteiger charge is -2.32. The third-order valence-electron chi connectivity index (χ3n) is 4.02. The van der Waals surface area contributed by atoms with Crippen LogP contribution in [0.5, 0.6) is 5.75 Å². The normalized spacial score (nSPS) is 16.0. The molecule has 5 nitrogen and oxygen atoms in total. The first-order valence-electron chi connectivity index (χ1n) is 7.66. The molecule has 1 aromatic carbocycles. The number of carbonyl (C=O) groups excluding carboxylic acids is 1. The Labute approximate surface area is 132 Å². The van der Waals surface area contributed by atoms with E-state index in [1.54, 1.807) is 17.0 Å². The highest BCUT2D eigenvalue weighted by Crippen LogP contribution is 2.19. The molecule has 1 aliphatic rings. The SMILES string of the molecule is CN(C)C(=O)C1CCN(CCOc2cccc(C#N)c2)CC1.